The molecule has 0 atom stereocenters. The molecule has 1 aliphatic heterocycles. The first kappa shape index (κ1) is 14.9. The van der Waals surface area contributed by atoms with Crippen LogP contribution in [0.15, 0.2) is 29.1 Å². The van der Waals surface area contributed by atoms with E-state index in [1.807, 2.05) is 35.8 Å². The van der Waals surface area contributed by atoms with Gasteiger partial charge < -0.3 is 14.2 Å². The molecule has 4 rings (SSSR count). The van der Waals surface area contributed by atoms with E-state index in [1.54, 1.807) is 9.30 Å². The standard InChI is InChI=1S/C16H19N5O3/c1-2-19-12-5-3-4-6-13(12)21-15(19)17-20(16(21)23)11-14(22)18-7-9-24-10-8-18/h3-6H,2,7-11H2,1H3. The van der Waals surface area contributed by atoms with E-state index in [1.165, 1.54) is 4.68 Å². The summed E-state index contributed by atoms with van der Waals surface area (Å²) in [4.78, 5) is 26.8. The summed E-state index contributed by atoms with van der Waals surface area (Å²) < 4.78 is 10.1. The predicted octanol–water partition coefficient (Wildman–Crippen LogP) is 0.329. The van der Waals surface area contributed by atoms with Crippen LogP contribution < -0.4 is 5.69 Å². The first-order chi connectivity index (χ1) is 11.7. The molecule has 0 saturated carbocycles. The van der Waals surface area contributed by atoms with Crippen molar-refractivity contribution >= 4 is 22.7 Å². The molecule has 8 heteroatoms. The maximum Gasteiger partial charge on any atom is 0.352 e. The molecular formula is C16H19N5O3. The van der Waals surface area contributed by atoms with Gasteiger partial charge in [-0.3, -0.25) is 4.79 Å². The summed E-state index contributed by atoms with van der Waals surface area (Å²) in [5, 5.41) is 4.41. The molecule has 0 radical (unpaired) electrons. The van der Waals surface area contributed by atoms with Gasteiger partial charge in [0.2, 0.25) is 11.7 Å². The Morgan fingerprint density at radius 2 is 1.92 bits per heavy atom. The van der Waals surface area contributed by atoms with E-state index >= 15 is 0 Å². The Hall–Kier alpha value is -2.61. The Labute approximate surface area is 137 Å². The molecular weight excluding hydrogens is 310 g/mol. The number of morpholine rings is 1. The second kappa shape index (κ2) is 5.79. The quantitative estimate of drug-likeness (QED) is 0.694. The zero-order chi connectivity index (χ0) is 16.7. The second-order valence-corrected chi connectivity index (χ2v) is 5.80. The molecule has 126 valence electrons. The van der Waals surface area contributed by atoms with E-state index in [0.29, 0.717) is 38.6 Å². The van der Waals surface area contributed by atoms with Crippen molar-refractivity contribution in [2.75, 3.05) is 26.3 Å². The number of aryl methyl sites for hydroxylation is 1. The second-order valence-electron chi connectivity index (χ2n) is 5.80. The zero-order valence-electron chi connectivity index (χ0n) is 13.5. The summed E-state index contributed by atoms with van der Waals surface area (Å²) in [6.07, 6.45) is 0. The van der Waals surface area contributed by atoms with Gasteiger partial charge >= 0.3 is 5.69 Å². The van der Waals surface area contributed by atoms with Gasteiger partial charge in [-0.2, -0.15) is 0 Å². The molecule has 0 spiro atoms. The third-order valence-corrected chi connectivity index (χ3v) is 4.44. The van der Waals surface area contributed by atoms with Gasteiger partial charge in [0.25, 0.3) is 0 Å². The molecule has 24 heavy (non-hydrogen) atoms. The SMILES string of the molecule is CCn1c2ccccc2n2c(=O)n(CC(=O)N3CCOCC3)nc12. The number of para-hydroxylation sites is 2. The molecule has 2 aromatic heterocycles. The minimum atomic E-state index is -0.282. The number of imidazole rings is 1. The van der Waals surface area contributed by atoms with Crippen LogP contribution in [0.25, 0.3) is 16.8 Å². The number of hydrogen-bond donors (Lipinski definition) is 0. The number of nitrogens with zero attached hydrogens (tertiary/aromatic N) is 5. The number of carbonyl (C=O) groups is 1. The fourth-order valence-corrected chi connectivity index (χ4v) is 3.23. The average molecular weight is 329 g/mol. The van der Waals surface area contributed by atoms with Crippen LogP contribution in [0.1, 0.15) is 6.92 Å². The highest BCUT2D eigenvalue weighted by molar-refractivity contribution is 5.81. The van der Waals surface area contributed by atoms with Crippen molar-refractivity contribution in [2.45, 2.75) is 20.0 Å². The third-order valence-electron chi connectivity index (χ3n) is 4.44. The number of fused-ring (bicyclic) bond motifs is 3. The van der Waals surface area contributed by atoms with Crippen LogP contribution >= 0.6 is 0 Å². The van der Waals surface area contributed by atoms with Crippen LogP contribution in [0.5, 0.6) is 0 Å². The maximum absolute atomic E-state index is 12.7. The molecule has 0 aliphatic carbocycles. The average Bonchev–Trinajstić information content (AvgIpc) is 3.10. The number of rotatable bonds is 3. The first-order valence-corrected chi connectivity index (χ1v) is 8.13. The van der Waals surface area contributed by atoms with Gasteiger partial charge in [-0.25, -0.2) is 13.9 Å². The van der Waals surface area contributed by atoms with E-state index in [-0.39, 0.29) is 18.1 Å². The van der Waals surface area contributed by atoms with E-state index in [9.17, 15) is 9.59 Å². The van der Waals surface area contributed by atoms with Crippen molar-refractivity contribution in [1.82, 2.24) is 23.6 Å². The smallest absolute Gasteiger partial charge is 0.352 e. The molecule has 1 saturated heterocycles. The molecule has 1 aliphatic rings. The number of ether oxygens (including phenoxy) is 1. The molecule has 1 fully saturated rings. The summed E-state index contributed by atoms with van der Waals surface area (Å²) in [6, 6.07) is 7.70. The lowest BCUT2D eigenvalue weighted by molar-refractivity contribution is -0.136. The lowest BCUT2D eigenvalue weighted by Gasteiger charge is -2.26. The van der Waals surface area contributed by atoms with Crippen molar-refractivity contribution < 1.29 is 9.53 Å². The van der Waals surface area contributed by atoms with E-state index < -0.39 is 0 Å². The van der Waals surface area contributed by atoms with E-state index in [0.717, 1.165) is 11.0 Å². The third kappa shape index (κ3) is 2.22. The van der Waals surface area contributed by atoms with E-state index in [2.05, 4.69) is 5.10 Å². The Balaban J connectivity index is 1.76. The number of amides is 1. The lowest BCUT2D eigenvalue weighted by Crippen LogP contribution is -2.43. The van der Waals surface area contributed by atoms with Crippen molar-refractivity contribution in [3.05, 3.63) is 34.7 Å². The molecule has 1 amide bonds. The van der Waals surface area contributed by atoms with Crippen LogP contribution in [0.2, 0.25) is 0 Å². The fraction of sp³-hybridized carbons (Fsp3) is 0.438. The minimum Gasteiger partial charge on any atom is -0.378 e. The molecule has 0 unspecified atom stereocenters. The summed E-state index contributed by atoms with van der Waals surface area (Å²) in [5.74, 6) is 0.465. The molecule has 0 bridgehead atoms. The Morgan fingerprint density at radius 3 is 2.62 bits per heavy atom. The summed E-state index contributed by atoms with van der Waals surface area (Å²) in [7, 11) is 0. The molecule has 1 aromatic carbocycles. The fourth-order valence-electron chi connectivity index (χ4n) is 3.23. The van der Waals surface area contributed by atoms with Gasteiger partial charge in [0.15, 0.2) is 0 Å². The van der Waals surface area contributed by atoms with Gasteiger partial charge in [-0.1, -0.05) is 12.1 Å². The van der Waals surface area contributed by atoms with Gasteiger partial charge in [0.1, 0.15) is 6.54 Å². The van der Waals surface area contributed by atoms with Gasteiger partial charge in [0.05, 0.1) is 24.2 Å². The van der Waals surface area contributed by atoms with Crippen molar-refractivity contribution in [3.8, 4) is 0 Å². The molecule has 0 N–H and O–H groups in total. The highest BCUT2D eigenvalue weighted by atomic mass is 16.5. The predicted molar refractivity (Wildman–Crippen MR) is 88.0 cm³/mol. The van der Waals surface area contributed by atoms with Crippen molar-refractivity contribution in [2.24, 2.45) is 0 Å². The highest BCUT2D eigenvalue weighted by Gasteiger charge is 2.21. The van der Waals surface area contributed by atoms with Crippen LogP contribution in [0.3, 0.4) is 0 Å². The monoisotopic (exact) mass is 329 g/mol. The summed E-state index contributed by atoms with van der Waals surface area (Å²) in [6.45, 7) is 4.86. The summed E-state index contributed by atoms with van der Waals surface area (Å²) in [5.41, 5.74) is 1.49. The van der Waals surface area contributed by atoms with Crippen LogP contribution in [-0.2, 0) is 22.6 Å². The van der Waals surface area contributed by atoms with E-state index in [4.69, 9.17) is 4.74 Å². The molecule has 3 heterocycles. The first-order valence-electron chi connectivity index (χ1n) is 8.13. The Kier molecular flexibility index (Phi) is 3.61. The van der Waals surface area contributed by atoms with Crippen molar-refractivity contribution in [3.63, 3.8) is 0 Å². The largest absolute Gasteiger partial charge is 0.378 e. The van der Waals surface area contributed by atoms with Gasteiger partial charge in [-0.05, 0) is 19.1 Å². The van der Waals surface area contributed by atoms with Gasteiger partial charge in [-0.15, -0.1) is 5.10 Å². The Morgan fingerprint density at radius 1 is 1.21 bits per heavy atom. The molecule has 8 nitrogen and oxygen atoms in total. The topological polar surface area (TPSA) is 73.8 Å². The number of hydrogen-bond acceptors (Lipinski definition) is 4. The number of benzene rings is 1. The lowest BCUT2D eigenvalue weighted by atomic mass is 10.3. The van der Waals surface area contributed by atoms with Gasteiger partial charge in [0, 0.05) is 19.6 Å². The highest BCUT2D eigenvalue weighted by Crippen LogP contribution is 2.17. The minimum absolute atomic E-state index is 0.0431. The number of carbonyl (C=O) groups excluding carboxylic acids is 1. The summed E-state index contributed by atoms with van der Waals surface area (Å²) >= 11 is 0. The van der Waals surface area contributed by atoms with Crippen molar-refractivity contribution in [1.29, 1.82) is 0 Å². The Bertz CT molecular complexity index is 961. The molecule has 3 aromatic rings. The normalized spacial score (nSPS) is 15.5. The maximum atomic E-state index is 12.7. The zero-order valence-corrected chi connectivity index (χ0v) is 13.5. The van der Waals surface area contributed by atoms with Crippen LogP contribution in [0, 0.1) is 0 Å². The van der Waals surface area contributed by atoms with Crippen LogP contribution in [0.4, 0.5) is 0 Å². The van der Waals surface area contributed by atoms with Crippen LogP contribution in [-0.4, -0.2) is 55.9 Å². The number of aromatic nitrogens is 4.